The SMILES string of the molecule is N#Cc1nn(-c2c(Cl)cc(C(F)(F)F)cc2Cl)cc1/C(Br)=C(/Br)C(F)(F)F. The Hall–Kier alpha value is -1.22. The van der Waals surface area contributed by atoms with Gasteiger partial charge in [0.25, 0.3) is 0 Å². The number of allylic oxidation sites excluding steroid dienone is 1. The molecule has 0 aliphatic rings. The van der Waals surface area contributed by atoms with Crippen molar-refractivity contribution in [3.8, 4) is 11.8 Å². The second kappa shape index (κ2) is 7.66. The van der Waals surface area contributed by atoms with Crippen LogP contribution in [-0.4, -0.2) is 16.0 Å². The molecule has 0 N–H and O–H groups in total. The van der Waals surface area contributed by atoms with Gasteiger partial charge in [0.05, 0.1) is 15.6 Å². The van der Waals surface area contributed by atoms with Gasteiger partial charge in [-0.1, -0.05) is 23.2 Å². The number of nitrogens with zero attached hydrogens (tertiary/aromatic N) is 3. The maximum absolute atomic E-state index is 12.8. The van der Waals surface area contributed by atoms with Crippen molar-refractivity contribution in [2.45, 2.75) is 12.4 Å². The summed E-state index contributed by atoms with van der Waals surface area (Å²) in [6.07, 6.45) is -8.48. The zero-order valence-electron chi connectivity index (χ0n) is 12.4. The maximum Gasteiger partial charge on any atom is 0.423 e. The van der Waals surface area contributed by atoms with Gasteiger partial charge >= 0.3 is 12.4 Å². The number of hydrogen-bond acceptors (Lipinski definition) is 2. The molecule has 0 atom stereocenters. The van der Waals surface area contributed by atoms with Crippen LogP contribution in [0.25, 0.3) is 10.2 Å². The number of nitriles is 1. The third-order valence-corrected chi connectivity index (χ3v) is 5.85. The highest BCUT2D eigenvalue weighted by atomic mass is 79.9. The Morgan fingerprint density at radius 3 is 2.00 bits per heavy atom. The normalized spacial score (nSPS) is 13.4. The van der Waals surface area contributed by atoms with Crippen LogP contribution in [0, 0.1) is 11.3 Å². The molecule has 0 saturated heterocycles. The Morgan fingerprint density at radius 1 is 1.07 bits per heavy atom. The van der Waals surface area contributed by atoms with Gasteiger partial charge in [0.2, 0.25) is 0 Å². The van der Waals surface area contributed by atoms with Crippen molar-refractivity contribution in [1.82, 2.24) is 9.78 Å². The molecular formula is C14H3Br2Cl2F6N3. The van der Waals surface area contributed by atoms with Crippen LogP contribution in [0.4, 0.5) is 26.3 Å². The van der Waals surface area contributed by atoms with Crippen LogP contribution in [0.5, 0.6) is 0 Å². The summed E-state index contributed by atoms with van der Waals surface area (Å²) in [5.74, 6) is 0. The zero-order valence-corrected chi connectivity index (χ0v) is 17.0. The minimum atomic E-state index is -4.75. The molecule has 0 unspecified atom stereocenters. The summed E-state index contributed by atoms with van der Waals surface area (Å²) in [7, 11) is 0. The fourth-order valence-corrected chi connectivity index (χ4v) is 3.31. The minimum Gasteiger partial charge on any atom is -0.236 e. The number of halogens is 10. The van der Waals surface area contributed by atoms with Crippen LogP contribution in [-0.2, 0) is 6.18 Å². The predicted molar refractivity (Wildman–Crippen MR) is 94.1 cm³/mol. The van der Waals surface area contributed by atoms with Crippen LogP contribution in [0.3, 0.4) is 0 Å². The Balaban J connectivity index is 2.68. The molecule has 0 fully saturated rings. The van der Waals surface area contributed by atoms with Gasteiger partial charge in [-0.3, -0.25) is 0 Å². The second-order valence-corrected chi connectivity index (χ2v) is 7.26. The topological polar surface area (TPSA) is 41.6 Å². The van der Waals surface area contributed by atoms with E-state index in [2.05, 4.69) is 37.0 Å². The molecule has 27 heavy (non-hydrogen) atoms. The lowest BCUT2D eigenvalue weighted by Gasteiger charge is -2.12. The lowest BCUT2D eigenvalue weighted by molar-refractivity contribution is -0.137. The molecule has 0 bridgehead atoms. The average molecular weight is 558 g/mol. The first-order valence-corrected chi connectivity index (χ1v) is 8.80. The molecule has 0 amide bonds. The fraction of sp³-hybridized carbons (Fsp3) is 0.143. The van der Waals surface area contributed by atoms with Crippen molar-refractivity contribution < 1.29 is 26.3 Å². The molecule has 1 aromatic carbocycles. The van der Waals surface area contributed by atoms with Crippen LogP contribution in [0.1, 0.15) is 16.8 Å². The van der Waals surface area contributed by atoms with Crippen molar-refractivity contribution in [1.29, 1.82) is 5.26 Å². The summed E-state index contributed by atoms with van der Waals surface area (Å²) in [6, 6.07) is 2.78. The van der Waals surface area contributed by atoms with E-state index in [1.165, 1.54) is 0 Å². The van der Waals surface area contributed by atoms with Gasteiger partial charge in [-0.05, 0) is 44.0 Å². The number of aromatic nitrogens is 2. The molecular weight excluding hydrogens is 555 g/mol. The summed E-state index contributed by atoms with van der Waals surface area (Å²) in [5.41, 5.74) is -2.05. The second-order valence-electron chi connectivity index (χ2n) is 4.86. The molecule has 1 heterocycles. The van der Waals surface area contributed by atoms with Crippen molar-refractivity contribution >= 4 is 59.5 Å². The van der Waals surface area contributed by atoms with E-state index in [-0.39, 0.29) is 11.3 Å². The Kier molecular flexibility index (Phi) is 6.26. The van der Waals surface area contributed by atoms with Crippen molar-refractivity contribution in [3.63, 3.8) is 0 Å². The van der Waals surface area contributed by atoms with Gasteiger partial charge < -0.3 is 0 Å². The van der Waals surface area contributed by atoms with Crippen molar-refractivity contribution in [2.24, 2.45) is 0 Å². The van der Waals surface area contributed by atoms with Gasteiger partial charge in [-0.25, -0.2) is 4.68 Å². The molecule has 0 aliphatic carbocycles. The first kappa shape index (κ1) is 22.1. The molecule has 3 nitrogen and oxygen atoms in total. The van der Waals surface area contributed by atoms with Gasteiger partial charge in [-0.2, -0.15) is 36.7 Å². The average Bonchev–Trinajstić information content (AvgIpc) is 2.94. The smallest absolute Gasteiger partial charge is 0.236 e. The number of rotatable bonds is 2. The molecule has 2 rings (SSSR count). The highest BCUT2D eigenvalue weighted by Gasteiger charge is 2.36. The summed E-state index contributed by atoms with van der Waals surface area (Å²) in [4.78, 5) is 0. The predicted octanol–water partition coefficient (Wildman–Crippen LogP) is 7.09. The molecule has 0 aliphatic heterocycles. The highest BCUT2D eigenvalue weighted by Crippen LogP contribution is 2.42. The van der Waals surface area contributed by atoms with Gasteiger partial charge in [0.15, 0.2) is 5.69 Å². The summed E-state index contributed by atoms with van der Waals surface area (Å²) in [6.45, 7) is 0. The van der Waals surface area contributed by atoms with E-state index in [1.54, 1.807) is 6.07 Å². The molecule has 144 valence electrons. The van der Waals surface area contributed by atoms with E-state index in [0.29, 0.717) is 12.1 Å². The molecule has 0 spiro atoms. The van der Waals surface area contributed by atoms with Gasteiger partial charge in [0, 0.05) is 16.2 Å². The lowest BCUT2D eigenvalue weighted by Crippen LogP contribution is -2.07. The Labute approximate surface area is 174 Å². The summed E-state index contributed by atoms with van der Waals surface area (Å²) in [5, 5.41) is 12.0. The molecule has 0 saturated carbocycles. The number of hydrogen-bond donors (Lipinski definition) is 0. The monoisotopic (exact) mass is 555 g/mol. The van der Waals surface area contributed by atoms with Crippen LogP contribution >= 0.6 is 55.1 Å². The van der Waals surface area contributed by atoms with Crippen molar-refractivity contribution in [3.05, 3.63) is 49.7 Å². The maximum atomic E-state index is 12.8. The highest BCUT2D eigenvalue weighted by molar-refractivity contribution is 9.16. The van der Waals surface area contributed by atoms with Crippen LogP contribution in [0.15, 0.2) is 22.8 Å². The molecule has 0 radical (unpaired) electrons. The number of alkyl halides is 6. The lowest BCUT2D eigenvalue weighted by atomic mass is 10.2. The standard InChI is InChI=1S/C14H3Br2Cl2F6N3/c15-10(12(16)14(22,23)24)6-4-27(26-9(6)3-25)11-7(17)1-5(2-8(11)18)13(19,20)21/h1-2,4H/b12-10-. The zero-order chi connectivity index (χ0) is 20.7. The summed E-state index contributed by atoms with van der Waals surface area (Å²) >= 11 is 16.8. The van der Waals surface area contributed by atoms with Gasteiger partial charge in [-0.15, -0.1) is 0 Å². The van der Waals surface area contributed by atoms with E-state index in [4.69, 9.17) is 28.5 Å². The third kappa shape index (κ3) is 4.62. The van der Waals surface area contributed by atoms with Crippen molar-refractivity contribution in [2.75, 3.05) is 0 Å². The molecule has 13 heteroatoms. The first-order chi connectivity index (χ1) is 12.3. The quantitative estimate of drug-likeness (QED) is 0.370. The summed E-state index contributed by atoms with van der Waals surface area (Å²) < 4.78 is 76.0. The number of benzene rings is 1. The van der Waals surface area contributed by atoms with E-state index in [9.17, 15) is 26.3 Å². The molecule has 2 aromatic rings. The van der Waals surface area contributed by atoms with Crippen LogP contribution < -0.4 is 0 Å². The Morgan fingerprint density at radius 2 is 1.59 bits per heavy atom. The van der Waals surface area contributed by atoms with E-state index in [0.717, 1.165) is 10.9 Å². The Bertz CT molecular complexity index is 950. The van der Waals surface area contributed by atoms with Crippen LogP contribution in [0.2, 0.25) is 10.0 Å². The largest absolute Gasteiger partial charge is 0.423 e. The molecule has 1 aromatic heterocycles. The fourth-order valence-electron chi connectivity index (χ4n) is 1.92. The third-order valence-electron chi connectivity index (χ3n) is 3.07. The van der Waals surface area contributed by atoms with E-state index >= 15 is 0 Å². The first-order valence-electron chi connectivity index (χ1n) is 6.46. The minimum absolute atomic E-state index is 0.225. The van der Waals surface area contributed by atoms with Gasteiger partial charge in [0.1, 0.15) is 16.2 Å². The van der Waals surface area contributed by atoms with E-state index in [1.807, 2.05) is 0 Å². The van der Waals surface area contributed by atoms with E-state index < -0.39 is 42.6 Å².